The molecule has 0 saturated heterocycles. The summed E-state index contributed by atoms with van der Waals surface area (Å²) < 4.78 is 5.65. The fourth-order valence-corrected chi connectivity index (χ4v) is 2.25. The molecule has 0 aliphatic rings. The number of hydrogen-bond donors (Lipinski definition) is 2. The Morgan fingerprint density at radius 2 is 2.08 bits per heavy atom. The minimum absolute atomic E-state index is 0. The number of ether oxygens (including phenoxy) is 1. The quantitative estimate of drug-likeness (QED) is 0.266. The lowest BCUT2D eigenvalue weighted by Gasteiger charge is -2.12. The maximum absolute atomic E-state index is 5.93. The minimum Gasteiger partial charge on any atom is -0.492 e. The second-order valence-electron chi connectivity index (χ2n) is 5.06. The first-order valence-corrected chi connectivity index (χ1v) is 8.46. The molecule has 0 saturated carbocycles. The van der Waals surface area contributed by atoms with E-state index < -0.39 is 0 Å². The van der Waals surface area contributed by atoms with Gasteiger partial charge in [0.1, 0.15) is 12.4 Å². The van der Waals surface area contributed by atoms with Crippen molar-refractivity contribution in [2.24, 2.45) is 4.99 Å². The van der Waals surface area contributed by atoms with Gasteiger partial charge in [-0.05, 0) is 37.3 Å². The molecule has 5 nitrogen and oxygen atoms in total. The van der Waals surface area contributed by atoms with Gasteiger partial charge >= 0.3 is 0 Å². The highest BCUT2D eigenvalue weighted by Crippen LogP contribution is 2.16. The van der Waals surface area contributed by atoms with Gasteiger partial charge in [0.15, 0.2) is 5.96 Å². The molecule has 0 radical (unpaired) electrons. The van der Waals surface area contributed by atoms with E-state index in [2.05, 4.69) is 20.6 Å². The molecule has 0 unspecified atom stereocenters. The number of nitrogens with zero attached hydrogens (tertiary/aromatic N) is 2. The second kappa shape index (κ2) is 12.8. The van der Waals surface area contributed by atoms with Gasteiger partial charge in [-0.15, -0.1) is 24.0 Å². The lowest BCUT2D eigenvalue weighted by Crippen LogP contribution is -2.39. The second-order valence-corrected chi connectivity index (χ2v) is 5.50. The molecule has 0 fully saturated rings. The van der Waals surface area contributed by atoms with Crippen LogP contribution in [-0.4, -0.2) is 37.2 Å². The Hall–Kier alpha value is -1.54. The summed E-state index contributed by atoms with van der Waals surface area (Å²) in [6.07, 6.45) is 2.62. The van der Waals surface area contributed by atoms with Crippen LogP contribution in [0.5, 0.6) is 5.75 Å². The number of nitrogens with one attached hydrogen (secondary N) is 2. The van der Waals surface area contributed by atoms with E-state index in [-0.39, 0.29) is 24.0 Å². The summed E-state index contributed by atoms with van der Waals surface area (Å²) in [6, 6.07) is 13.3. The molecular weight excluding hydrogens is 451 g/mol. The number of guanidine groups is 1. The van der Waals surface area contributed by atoms with E-state index >= 15 is 0 Å². The van der Waals surface area contributed by atoms with Gasteiger partial charge in [0.2, 0.25) is 0 Å². The summed E-state index contributed by atoms with van der Waals surface area (Å²) in [7, 11) is 0. The van der Waals surface area contributed by atoms with E-state index in [1.165, 1.54) is 0 Å². The number of aromatic nitrogens is 1. The maximum Gasteiger partial charge on any atom is 0.191 e. The lowest BCUT2D eigenvalue weighted by molar-refractivity contribution is 0.322. The molecule has 0 bridgehead atoms. The highest BCUT2D eigenvalue weighted by Gasteiger charge is 1.99. The Morgan fingerprint density at radius 1 is 1.20 bits per heavy atom. The first-order valence-electron chi connectivity index (χ1n) is 8.08. The average Bonchev–Trinajstić information content (AvgIpc) is 2.60. The van der Waals surface area contributed by atoms with Crippen LogP contribution in [-0.2, 0) is 6.42 Å². The normalized spacial score (nSPS) is 10.7. The molecule has 0 aliphatic heterocycles. The Kier molecular flexibility index (Phi) is 11.0. The van der Waals surface area contributed by atoms with Crippen molar-refractivity contribution in [1.82, 2.24) is 15.6 Å². The highest BCUT2D eigenvalue weighted by atomic mass is 127. The zero-order valence-electron chi connectivity index (χ0n) is 14.2. The molecule has 25 heavy (non-hydrogen) atoms. The van der Waals surface area contributed by atoms with Crippen molar-refractivity contribution in [3.63, 3.8) is 0 Å². The molecule has 2 rings (SSSR count). The third-order valence-corrected chi connectivity index (χ3v) is 3.40. The number of rotatable bonds is 8. The summed E-state index contributed by atoms with van der Waals surface area (Å²) in [5.74, 6) is 1.55. The van der Waals surface area contributed by atoms with Gasteiger partial charge in [-0.25, -0.2) is 0 Å². The summed E-state index contributed by atoms with van der Waals surface area (Å²) in [5.41, 5.74) is 1.04. The van der Waals surface area contributed by atoms with Crippen LogP contribution in [0.25, 0.3) is 0 Å². The number of halogens is 2. The smallest absolute Gasteiger partial charge is 0.191 e. The van der Waals surface area contributed by atoms with E-state index in [0.29, 0.717) is 24.7 Å². The summed E-state index contributed by atoms with van der Waals surface area (Å²) >= 11 is 5.93. The van der Waals surface area contributed by atoms with Crippen molar-refractivity contribution in [1.29, 1.82) is 0 Å². The summed E-state index contributed by atoms with van der Waals surface area (Å²) in [5, 5.41) is 7.14. The van der Waals surface area contributed by atoms with Crippen LogP contribution < -0.4 is 15.4 Å². The third kappa shape index (κ3) is 8.92. The lowest BCUT2D eigenvalue weighted by atomic mass is 10.3. The van der Waals surface area contributed by atoms with Crippen molar-refractivity contribution in [2.75, 3.05) is 26.2 Å². The molecule has 1 heterocycles. The molecule has 7 heteroatoms. The van der Waals surface area contributed by atoms with Gasteiger partial charge < -0.3 is 15.4 Å². The predicted molar refractivity (Wildman–Crippen MR) is 114 cm³/mol. The van der Waals surface area contributed by atoms with Crippen molar-refractivity contribution < 1.29 is 4.74 Å². The molecule has 2 N–H and O–H groups in total. The zero-order valence-corrected chi connectivity index (χ0v) is 17.3. The number of hydrogen-bond acceptors (Lipinski definition) is 3. The van der Waals surface area contributed by atoms with Gasteiger partial charge in [0.05, 0.1) is 6.54 Å². The fraction of sp³-hybridized carbons (Fsp3) is 0.333. The third-order valence-electron chi connectivity index (χ3n) is 3.17. The molecule has 0 atom stereocenters. The zero-order chi connectivity index (χ0) is 17.0. The molecular formula is C18H24ClIN4O. The SMILES string of the molecule is CCNC(=NCCc1ccccn1)NCCOc1cccc(Cl)c1.I. The topological polar surface area (TPSA) is 58.5 Å². The van der Waals surface area contributed by atoms with E-state index in [0.717, 1.165) is 30.4 Å². The number of pyridine rings is 1. The van der Waals surface area contributed by atoms with E-state index in [9.17, 15) is 0 Å². The molecule has 2 aromatic rings. The molecule has 0 amide bonds. The van der Waals surface area contributed by atoms with Gasteiger partial charge in [0, 0.05) is 36.4 Å². The highest BCUT2D eigenvalue weighted by molar-refractivity contribution is 14.0. The van der Waals surface area contributed by atoms with Gasteiger partial charge in [-0.1, -0.05) is 23.7 Å². The van der Waals surface area contributed by atoms with Gasteiger partial charge in [-0.3, -0.25) is 9.98 Å². The van der Waals surface area contributed by atoms with Crippen molar-refractivity contribution in [3.05, 3.63) is 59.4 Å². The van der Waals surface area contributed by atoms with Gasteiger partial charge in [-0.2, -0.15) is 0 Å². The summed E-state index contributed by atoms with van der Waals surface area (Å²) in [4.78, 5) is 8.84. The predicted octanol–water partition coefficient (Wildman–Crippen LogP) is 3.53. The Morgan fingerprint density at radius 3 is 2.80 bits per heavy atom. The Balaban J connectivity index is 0.00000312. The van der Waals surface area contributed by atoms with Crippen LogP contribution in [0.1, 0.15) is 12.6 Å². The van der Waals surface area contributed by atoms with Crippen LogP contribution in [0.3, 0.4) is 0 Å². The Labute approximate surface area is 171 Å². The Bertz CT molecular complexity index is 640. The monoisotopic (exact) mass is 474 g/mol. The van der Waals surface area contributed by atoms with E-state index in [1.54, 1.807) is 12.3 Å². The molecule has 0 aliphatic carbocycles. The molecule has 1 aromatic heterocycles. The van der Waals surface area contributed by atoms with Crippen molar-refractivity contribution >= 4 is 41.5 Å². The van der Waals surface area contributed by atoms with E-state index in [4.69, 9.17) is 16.3 Å². The molecule has 0 spiro atoms. The van der Waals surface area contributed by atoms with Gasteiger partial charge in [0.25, 0.3) is 0 Å². The van der Waals surface area contributed by atoms with Crippen LogP contribution in [0.15, 0.2) is 53.7 Å². The average molecular weight is 475 g/mol. The van der Waals surface area contributed by atoms with Crippen LogP contribution >= 0.6 is 35.6 Å². The van der Waals surface area contributed by atoms with Crippen molar-refractivity contribution in [2.45, 2.75) is 13.3 Å². The maximum atomic E-state index is 5.93. The number of aliphatic imine (C=N–C) groups is 1. The first-order chi connectivity index (χ1) is 11.8. The number of benzene rings is 1. The fourth-order valence-electron chi connectivity index (χ4n) is 2.07. The standard InChI is InChI=1S/C18H23ClN4O.HI/c1-2-20-18(22-11-9-16-7-3-4-10-21-16)23-12-13-24-17-8-5-6-15(19)14-17;/h3-8,10,14H,2,9,11-13H2,1H3,(H2,20,22,23);1H. The van der Waals surface area contributed by atoms with Crippen LogP contribution in [0.2, 0.25) is 5.02 Å². The summed E-state index contributed by atoms with van der Waals surface area (Å²) in [6.45, 7) is 4.72. The van der Waals surface area contributed by atoms with Crippen LogP contribution in [0, 0.1) is 0 Å². The minimum atomic E-state index is 0. The molecule has 136 valence electrons. The van der Waals surface area contributed by atoms with E-state index in [1.807, 2.05) is 43.3 Å². The van der Waals surface area contributed by atoms with Crippen molar-refractivity contribution in [3.8, 4) is 5.75 Å². The molecule has 1 aromatic carbocycles. The van der Waals surface area contributed by atoms with Crippen LogP contribution in [0.4, 0.5) is 0 Å². The first kappa shape index (κ1) is 21.5. The largest absolute Gasteiger partial charge is 0.492 e.